The molecule has 0 amide bonds. The zero-order chi connectivity index (χ0) is 14.0. The first-order valence-electron chi connectivity index (χ1n) is 6.52. The minimum Gasteiger partial charge on any atom is -0.378 e. The van der Waals surface area contributed by atoms with E-state index in [1.165, 1.54) is 6.33 Å². The van der Waals surface area contributed by atoms with Crippen molar-refractivity contribution in [1.29, 1.82) is 0 Å². The number of nitrogens with zero attached hydrogens (tertiary/aromatic N) is 4. The lowest BCUT2D eigenvalue weighted by molar-refractivity contribution is -0.383. The Morgan fingerprint density at radius 3 is 2.74 bits per heavy atom. The summed E-state index contributed by atoms with van der Waals surface area (Å²) in [6.45, 7) is 5.03. The third-order valence-electron chi connectivity index (χ3n) is 3.22. The molecule has 1 aliphatic rings. The first kappa shape index (κ1) is 13.5. The molecular weight excluding hydrogens is 246 g/mol. The average Bonchev–Trinajstić information content (AvgIpc) is 3.12. The predicted octanol–water partition coefficient (Wildman–Crippen LogP) is 1.98. The molecule has 1 heterocycles. The molecule has 1 aromatic heterocycles. The molecule has 19 heavy (non-hydrogen) atoms. The maximum absolute atomic E-state index is 11.1. The number of nitrogen functional groups attached to an aromatic ring is 1. The van der Waals surface area contributed by atoms with Crippen molar-refractivity contribution in [2.24, 2.45) is 5.92 Å². The first-order chi connectivity index (χ1) is 9.00. The van der Waals surface area contributed by atoms with Crippen molar-refractivity contribution in [3.8, 4) is 0 Å². The van der Waals surface area contributed by atoms with Gasteiger partial charge in [0, 0.05) is 12.6 Å². The van der Waals surface area contributed by atoms with Crippen LogP contribution in [0.25, 0.3) is 0 Å². The van der Waals surface area contributed by atoms with Crippen LogP contribution >= 0.6 is 0 Å². The van der Waals surface area contributed by atoms with Crippen LogP contribution in [0.3, 0.4) is 0 Å². The Kier molecular flexibility index (Phi) is 3.82. The van der Waals surface area contributed by atoms with Crippen molar-refractivity contribution in [1.82, 2.24) is 9.97 Å². The molecule has 0 radical (unpaired) electrons. The lowest BCUT2D eigenvalue weighted by atomic mass is 10.1. The zero-order valence-corrected chi connectivity index (χ0v) is 11.2. The summed E-state index contributed by atoms with van der Waals surface area (Å²) in [5.41, 5.74) is 5.45. The van der Waals surface area contributed by atoms with Gasteiger partial charge < -0.3 is 10.6 Å². The van der Waals surface area contributed by atoms with Crippen molar-refractivity contribution >= 4 is 17.3 Å². The normalized spacial score (nSPS) is 14.7. The summed E-state index contributed by atoms with van der Waals surface area (Å²) in [6.07, 6.45) is 4.37. The molecule has 7 heteroatoms. The van der Waals surface area contributed by atoms with E-state index in [-0.39, 0.29) is 11.5 Å². The molecule has 1 aromatic rings. The quantitative estimate of drug-likeness (QED) is 0.623. The Bertz CT molecular complexity index is 473. The number of anilines is 2. The SMILES string of the molecule is CC(C)CCN(c1ncnc(N)c1[N+](=O)[O-])C1CC1. The highest BCUT2D eigenvalue weighted by Crippen LogP contribution is 2.37. The van der Waals surface area contributed by atoms with Crippen molar-refractivity contribution < 1.29 is 4.92 Å². The Morgan fingerprint density at radius 1 is 1.53 bits per heavy atom. The lowest BCUT2D eigenvalue weighted by Crippen LogP contribution is -2.29. The van der Waals surface area contributed by atoms with E-state index in [1.54, 1.807) is 0 Å². The number of hydrogen-bond donors (Lipinski definition) is 1. The summed E-state index contributed by atoms with van der Waals surface area (Å²) in [6, 6.07) is 0.353. The fourth-order valence-electron chi connectivity index (χ4n) is 2.01. The van der Waals surface area contributed by atoms with Crippen molar-refractivity contribution in [3.05, 3.63) is 16.4 Å². The Hall–Kier alpha value is -1.92. The van der Waals surface area contributed by atoms with Crippen LogP contribution in [0.15, 0.2) is 6.33 Å². The highest BCUT2D eigenvalue weighted by atomic mass is 16.6. The third-order valence-corrected chi connectivity index (χ3v) is 3.22. The number of nitrogens with two attached hydrogens (primary N) is 1. The van der Waals surface area contributed by atoms with Crippen molar-refractivity contribution in [3.63, 3.8) is 0 Å². The highest BCUT2D eigenvalue weighted by Gasteiger charge is 2.35. The molecule has 2 N–H and O–H groups in total. The van der Waals surface area contributed by atoms with E-state index in [4.69, 9.17) is 5.73 Å². The summed E-state index contributed by atoms with van der Waals surface area (Å²) in [4.78, 5) is 20.5. The summed E-state index contributed by atoms with van der Waals surface area (Å²) in [5.74, 6) is 0.838. The Morgan fingerprint density at radius 2 is 2.21 bits per heavy atom. The van der Waals surface area contributed by atoms with Gasteiger partial charge in [0.15, 0.2) is 0 Å². The van der Waals surface area contributed by atoms with E-state index in [0.717, 1.165) is 25.8 Å². The van der Waals surface area contributed by atoms with Gasteiger partial charge in [-0.05, 0) is 25.2 Å². The molecule has 0 unspecified atom stereocenters. The number of aromatic nitrogens is 2. The van der Waals surface area contributed by atoms with E-state index in [1.807, 2.05) is 4.90 Å². The molecule has 1 aliphatic carbocycles. The maximum atomic E-state index is 11.1. The number of rotatable bonds is 6. The minimum absolute atomic E-state index is 0.0646. The molecule has 0 atom stereocenters. The molecule has 0 aromatic carbocycles. The van der Waals surface area contributed by atoms with Gasteiger partial charge in [-0.25, -0.2) is 9.97 Å². The zero-order valence-electron chi connectivity index (χ0n) is 11.2. The Labute approximate surface area is 112 Å². The average molecular weight is 265 g/mol. The van der Waals surface area contributed by atoms with Crippen LogP contribution in [0.4, 0.5) is 17.3 Å². The van der Waals surface area contributed by atoms with Crippen molar-refractivity contribution in [2.45, 2.75) is 39.2 Å². The maximum Gasteiger partial charge on any atom is 0.353 e. The van der Waals surface area contributed by atoms with Crippen LogP contribution in [0.1, 0.15) is 33.1 Å². The van der Waals surface area contributed by atoms with E-state index in [0.29, 0.717) is 17.8 Å². The smallest absolute Gasteiger partial charge is 0.353 e. The fraction of sp³-hybridized carbons (Fsp3) is 0.667. The van der Waals surface area contributed by atoms with Gasteiger partial charge in [0.2, 0.25) is 11.6 Å². The molecule has 7 nitrogen and oxygen atoms in total. The van der Waals surface area contributed by atoms with Crippen LogP contribution < -0.4 is 10.6 Å². The molecular formula is C12H19N5O2. The van der Waals surface area contributed by atoms with Crippen molar-refractivity contribution in [2.75, 3.05) is 17.2 Å². The van der Waals surface area contributed by atoms with E-state index >= 15 is 0 Å². The molecule has 0 saturated heterocycles. The predicted molar refractivity (Wildman–Crippen MR) is 72.9 cm³/mol. The largest absolute Gasteiger partial charge is 0.378 e. The monoisotopic (exact) mass is 265 g/mol. The van der Waals surface area contributed by atoms with Gasteiger partial charge in [0.05, 0.1) is 4.92 Å². The van der Waals surface area contributed by atoms with Gasteiger partial charge >= 0.3 is 5.69 Å². The molecule has 0 aliphatic heterocycles. The standard InChI is InChI=1S/C12H19N5O2/c1-8(2)5-6-16(9-3-4-9)12-10(17(18)19)11(13)14-7-15-12/h7-9H,3-6H2,1-2H3,(H2,13,14,15). The van der Waals surface area contributed by atoms with Gasteiger partial charge in [-0.3, -0.25) is 10.1 Å². The Balaban J connectivity index is 2.31. The number of hydrogen-bond acceptors (Lipinski definition) is 6. The first-order valence-corrected chi connectivity index (χ1v) is 6.52. The van der Waals surface area contributed by atoms with E-state index in [9.17, 15) is 10.1 Å². The number of nitro groups is 1. The van der Waals surface area contributed by atoms with Crippen LogP contribution in [-0.2, 0) is 0 Å². The molecule has 0 spiro atoms. The summed E-state index contributed by atoms with van der Waals surface area (Å²) < 4.78 is 0. The van der Waals surface area contributed by atoms with Gasteiger partial charge in [0.1, 0.15) is 6.33 Å². The van der Waals surface area contributed by atoms with Gasteiger partial charge in [0.25, 0.3) is 0 Å². The minimum atomic E-state index is -0.491. The second kappa shape index (κ2) is 5.38. The van der Waals surface area contributed by atoms with Gasteiger partial charge in [-0.2, -0.15) is 0 Å². The summed E-state index contributed by atoms with van der Waals surface area (Å²) in [7, 11) is 0. The topological polar surface area (TPSA) is 98.2 Å². The molecule has 2 rings (SSSR count). The molecule has 104 valence electrons. The second-order valence-electron chi connectivity index (χ2n) is 5.30. The van der Waals surface area contributed by atoms with Gasteiger partial charge in [-0.15, -0.1) is 0 Å². The fourth-order valence-corrected chi connectivity index (χ4v) is 2.01. The molecule has 1 fully saturated rings. The lowest BCUT2D eigenvalue weighted by Gasteiger charge is -2.24. The summed E-state index contributed by atoms with van der Waals surface area (Å²) >= 11 is 0. The van der Waals surface area contributed by atoms with Crippen LogP contribution in [-0.4, -0.2) is 27.5 Å². The second-order valence-corrected chi connectivity index (χ2v) is 5.30. The third kappa shape index (κ3) is 3.10. The molecule has 0 bridgehead atoms. The van der Waals surface area contributed by atoms with E-state index in [2.05, 4.69) is 23.8 Å². The van der Waals surface area contributed by atoms with Crippen LogP contribution in [0.2, 0.25) is 0 Å². The summed E-state index contributed by atoms with van der Waals surface area (Å²) in [5, 5.41) is 11.1. The van der Waals surface area contributed by atoms with E-state index < -0.39 is 4.92 Å². The molecule has 1 saturated carbocycles. The van der Waals surface area contributed by atoms with Gasteiger partial charge in [-0.1, -0.05) is 13.8 Å². The van der Waals surface area contributed by atoms with Crippen LogP contribution in [0, 0.1) is 16.0 Å². The highest BCUT2D eigenvalue weighted by molar-refractivity contribution is 5.69. The van der Waals surface area contributed by atoms with Crippen LogP contribution in [0.5, 0.6) is 0 Å².